The minimum atomic E-state index is -3.98. The number of halogens is 1. The number of ether oxygens (including phenoxy) is 1. The summed E-state index contributed by atoms with van der Waals surface area (Å²) in [6.45, 7) is 4.09. The highest BCUT2D eigenvalue weighted by Crippen LogP contribution is 2.36. The highest BCUT2D eigenvalue weighted by Gasteiger charge is 2.22. The van der Waals surface area contributed by atoms with Crippen LogP contribution >= 0.6 is 22.6 Å². The van der Waals surface area contributed by atoms with Gasteiger partial charge in [-0.05, 0) is 78.4 Å². The van der Waals surface area contributed by atoms with Crippen molar-refractivity contribution < 1.29 is 17.3 Å². The van der Waals surface area contributed by atoms with E-state index in [-0.39, 0.29) is 10.6 Å². The van der Waals surface area contributed by atoms with Gasteiger partial charge in [-0.3, -0.25) is 4.99 Å². The highest BCUT2D eigenvalue weighted by atomic mass is 127. The Kier molecular flexibility index (Phi) is 6.92. The van der Waals surface area contributed by atoms with Crippen LogP contribution in [-0.2, 0) is 10.1 Å². The second-order valence-electron chi connectivity index (χ2n) is 6.21. The molecule has 0 bridgehead atoms. The Bertz CT molecular complexity index is 1110. The maximum Gasteiger partial charge on any atom is 0.339 e. The summed E-state index contributed by atoms with van der Waals surface area (Å²) in [5.41, 5.74) is 2.57. The monoisotopic (exact) mass is 521 g/mol. The van der Waals surface area contributed by atoms with Crippen LogP contribution in [0.15, 0.2) is 76.6 Å². The first-order valence-electron chi connectivity index (χ1n) is 8.95. The molecule has 0 amide bonds. The van der Waals surface area contributed by atoms with Gasteiger partial charge in [0.2, 0.25) is 0 Å². The smallest absolute Gasteiger partial charge is 0.339 e. The van der Waals surface area contributed by atoms with Crippen LogP contribution in [0.5, 0.6) is 11.5 Å². The van der Waals surface area contributed by atoms with Gasteiger partial charge in [-0.25, -0.2) is 0 Å². The van der Waals surface area contributed by atoms with Crippen LogP contribution in [0.1, 0.15) is 18.1 Å². The molecule has 3 rings (SSSR count). The molecule has 0 fully saturated rings. The quantitative estimate of drug-likeness (QED) is 0.234. The van der Waals surface area contributed by atoms with Gasteiger partial charge >= 0.3 is 10.1 Å². The molecule has 29 heavy (non-hydrogen) atoms. The molecule has 0 aliphatic carbocycles. The van der Waals surface area contributed by atoms with Crippen LogP contribution in [0.4, 0.5) is 5.69 Å². The number of rotatable bonds is 7. The largest absolute Gasteiger partial charge is 0.490 e. The number of aryl methyl sites for hydroxylation is 1. The number of benzene rings is 3. The fourth-order valence-electron chi connectivity index (χ4n) is 2.53. The molecule has 0 saturated carbocycles. The van der Waals surface area contributed by atoms with E-state index in [9.17, 15) is 8.42 Å². The zero-order valence-electron chi connectivity index (χ0n) is 16.0. The van der Waals surface area contributed by atoms with Gasteiger partial charge in [0.25, 0.3) is 0 Å². The first-order chi connectivity index (χ1) is 13.9. The Labute approximate surface area is 184 Å². The molecule has 7 heteroatoms. The van der Waals surface area contributed by atoms with E-state index in [1.54, 1.807) is 30.5 Å². The van der Waals surface area contributed by atoms with Crippen molar-refractivity contribution in [3.05, 3.63) is 81.4 Å². The van der Waals surface area contributed by atoms with Crippen molar-refractivity contribution in [2.24, 2.45) is 4.99 Å². The van der Waals surface area contributed by atoms with Gasteiger partial charge in [-0.2, -0.15) is 8.42 Å². The zero-order valence-corrected chi connectivity index (χ0v) is 19.0. The van der Waals surface area contributed by atoms with Crippen LogP contribution in [0.2, 0.25) is 0 Å². The van der Waals surface area contributed by atoms with Crippen LogP contribution < -0.4 is 8.92 Å². The lowest BCUT2D eigenvalue weighted by atomic mass is 10.2. The third-order valence-corrected chi connectivity index (χ3v) is 5.99. The van der Waals surface area contributed by atoms with Gasteiger partial charge in [0.15, 0.2) is 11.5 Å². The van der Waals surface area contributed by atoms with Gasteiger partial charge in [0.05, 0.1) is 15.9 Å². The van der Waals surface area contributed by atoms with E-state index in [2.05, 4.69) is 4.99 Å². The SMILES string of the molecule is CCOc1cc(C=Nc2ccccc2)cc(I)c1OS(=O)(=O)c1ccc(C)cc1. The van der Waals surface area contributed by atoms with Crippen LogP contribution in [0.3, 0.4) is 0 Å². The molecule has 3 aromatic rings. The third-order valence-electron chi connectivity index (χ3n) is 3.95. The van der Waals surface area contributed by atoms with Gasteiger partial charge in [-0.15, -0.1) is 0 Å². The normalized spacial score (nSPS) is 11.6. The van der Waals surface area contributed by atoms with Gasteiger partial charge < -0.3 is 8.92 Å². The van der Waals surface area contributed by atoms with Crippen molar-refractivity contribution in [3.8, 4) is 11.5 Å². The summed E-state index contributed by atoms with van der Waals surface area (Å²) in [5.74, 6) is 0.523. The summed E-state index contributed by atoms with van der Waals surface area (Å²) in [7, 11) is -3.98. The molecule has 0 atom stereocenters. The fourth-order valence-corrected chi connectivity index (χ4v) is 4.37. The lowest BCUT2D eigenvalue weighted by Gasteiger charge is -2.14. The third kappa shape index (κ3) is 5.57. The number of hydrogen-bond donors (Lipinski definition) is 0. The summed E-state index contributed by atoms with van der Waals surface area (Å²) in [5, 5.41) is 0. The van der Waals surface area contributed by atoms with Crippen LogP contribution in [0, 0.1) is 10.5 Å². The van der Waals surface area contributed by atoms with E-state index >= 15 is 0 Å². The predicted octanol–water partition coefficient (Wildman–Crippen LogP) is 5.52. The minimum Gasteiger partial charge on any atom is -0.490 e. The number of aliphatic imine (C=N–C) groups is 1. The van der Waals surface area contributed by atoms with Crippen molar-refractivity contribution >= 4 is 44.6 Å². The second kappa shape index (κ2) is 9.41. The molecular formula is C22H20INO4S. The first kappa shape index (κ1) is 21.3. The van der Waals surface area contributed by atoms with Gasteiger partial charge in [0.1, 0.15) is 4.90 Å². The highest BCUT2D eigenvalue weighted by molar-refractivity contribution is 14.1. The summed E-state index contributed by atoms with van der Waals surface area (Å²) in [4.78, 5) is 4.53. The van der Waals surface area contributed by atoms with E-state index in [0.717, 1.165) is 16.8 Å². The van der Waals surface area contributed by atoms with Crippen molar-refractivity contribution in [1.29, 1.82) is 0 Å². The average molecular weight is 521 g/mol. The Hall–Kier alpha value is -2.39. The molecular weight excluding hydrogens is 501 g/mol. The molecule has 150 valence electrons. The molecule has 0 saturated heterocycles. The second-order valence-corrected chi connectivity index (χ2v) is 8.92. The minimum absolute atomic E-state index is 0.0936. The van der Waals surface area contributed by atoms with E-state index < -0.39 is 10.1 Å². The number of nitrogens with zero attached hydrogens (tertiary/aromatic N) is 1. The van der Waals surface area contributed by atoms with Gasteiger partial charge in [-0.1, -0.05) is 35.9 Å². The van der Waals surface area contributed by atoms with E-state index in [1.807, 2.05) is 66.8 Å². The Balaban J connectivity index is 1.94. The number of para-hydroxylation sites is 1. The molecule has 0 N–H and O–H groups in total. The van der Waals surface area contributed by atoms with Crippen LogP contribution in [-0.4, -0.2) is 21.2 Å². The topological polar surface area (TPSA) is 65.0 Å². The predicted molar refractivity (Wildman–Crippen MR) is 123 cm³/mol. The molecule has 0 aliphatic rings. The Morgan fingerprint density at radius 3 is 2.38 bits per heavy atom. The first-order valence-corrected chi connectivity index (χ1v) is 11.4. The van der Waals surface area contributed by atoms with Crippen molar-refractivity contribution in [2.75, 3.05) is 6.61 Å². The average Bonchev–Trinajstić information content (AvgIpc) is 2.70. The lowest BCUT2D eigenvalue weighted by molar-refractivity contribution is 0.327. The molecule has 5 nitrogen and oxygen atoms in total. The summed E-state index contributed by atoms with van der Waals surface area (Å²) >= 11 is 2.04. The van der Waals surface area contributed by atoms with Gasteiger partial charge in [0, 0.05) is 6.21 Å². The number of hydrogen-bond acceptors (Lipinski definition) is 5. The van der Waals surface area contributed by atoms with E-state index in [1.165, 1.54) is 12.1 Å². The van der Waals surface area contributed by atoms with Crippen molar-refractivity contribution in [2.45, 2.75) is 18.7 Å². The molecule has 0 radical (unpaired) electrons. The van der Waals surface area contributed by atoms with Crippen LogP contribution in [0.25, 0.3) is 0 Å². The molecule has 3 aromatic carbocycles. The summed E-state index contributed by atoms with van der Waals surface area (Å²) < 4.78 is 37.1. The molecule has 0 aliphatic heterocycles. The van der Waals surface area contributed by atoms with Crippen molar-refractivity contribution in [1.82, 2.24) is 0 Å². The summed E-state index contributed by atoms with van der Waals surface area (Å²) in [6.07, 6.45) is 1.71. The van der Waals surface area contributed by atoms with E-state index in [0.29, 0.717) is 15.9 Å². The Morgan fingerprint density at radius 2 is 1.72 bits per heavy atom. The molecule has 0 unspecified atom stereocenters. The fraction of sp³-hybridized carbons (Fsp3) is 0.136. The standard InChI is InChI=1S/C22H20INO4S/c1-3-27-21-14-17(15-24-18-7-5-4-6-8-18)13-20(23)22(21)28-29(25,26)19-11-9-16(2)10-12-19/h4-15H,3H2,1-2H3. The zero-order chi connectivity index (χ0) is 20.9. The Morgan fingerprint density at radius 1 is 1.03 bits per heavy atom. The maximum absolute atomic E-state index is 12.7. The lowest BCUT2D eigenvalue weighted by Crippen LogP contribution is -2.12. The van der Waals surface area contributed by atoms with E-state index in [4.69, 9.17) is 8.92 Å². The molecule has 0 spiro atoms. The molecule has 0 aromatic heterocycles. The summed E-state index contributed by atoms with van der Waals surface area (Å²) in [6, 6.07) is 19.6. The molecule has 0 heterocycles. The maximum atomic E-state index is 12.7. The van der Waals surface area contributed by atoms with Crippen molar-refractivity contribution in [3.63, 3.8) is 0 Å².